The number of aliphatic hydroxyl groups is 2. The number of hydrogen-bond donors (Lipinski definition) is 2. The Balaban J connectivity index is 2.29. The fourth-order valence-electron chi connectivity index (χ4n) is 1.73. The molecule has 0 aliphatic heterocycles. The Morgan fingerprint density at radius 3 is 2.57 bits per heavy atom. The number of benzene rings is 1. The van der Waals surface area contributed by atoms with E-state index in [1.54, 1.807) is 0 Å². The SMILES string of the molecule is O=C(Oc1cccc(C(O)(CO)C(F)(F)F)c1)c1cnccn1. The van der Waals surface area contributed by atoms with Gasteiger partial charge in [-0.1, -0.05) is 12.1 Å². The highest BCUT2D eigenvalue weighted by atomic mass is 19.4. The molecule has 0 spiro atoms. The zero-order valence-corrected chi connectivity index (χ0v) is 11.5. The Morgan fingerprint density at radius 2 is 2.00 bits per heavy atom. The van der Waals surface area contributed by atoms with Crippen LogP contribution in [0.4, 0.5) is 13.2 Å². The van der Waals surface area contributed by atoms with E-state index in [-0.39, 0.29) is 11.4 Å². The molecule has 0 aliphatic rings. The van der Waals surface area contributed by atoms with Crippen molar-refractivity contribution < 1.29 is 32.9 Å². The molecular weight excluding hydrogens is 317 g/mol. The molecule has 1 aromatic carbocycles. The molecule has 23 heavy (non-hydrogen) atoms. The first kappa shape index (κ1) is 16.8. The first-order valence-corrected chi connectivity index (χ1v) is 6.26. The summed E-state index contributed by atoms with van der Waals surface area (Å²) < 4.78 is 43.6. The first-order valence-electron chi connectivity index (χ1n) is 6.26. The molecule has 0 saturated carbocycles. The van der Waals surface area contributed by atoms with Gasteiger partial charge in [-0.2, -0.15) is 13.2 Å². The van der Waals surface area contributed by atoms with Crippen LogP contribution in [0.3, 0.4) is 0 Å². The molecule has 1 unspecified atom stereocenters. The lowest BCUT2D eigenvalue weighted by Crippen LogP contribution is -2.45. The van der Waals surface area contributed by atoms with Gasteiger partial charge in [-0.3, -0.25) is 4.98 Å². The minimum Gasteiger partial charge on any atom is -0.422 e. The van der Waals surface area contributed by atoms with E-state index in [1.807, 2.05) is 0 Å². The van der Waals surface area contributed by atoms with Gasteiger partial charge in [0.1, 0.15) is 5.75 Å². The van der Waals surface area contributed by atoms with Gasteiger partial charge in [0.15, 0.2) is 5.69 Å². The van der Waals surface area contributed by atoms with E-state index in [2.05, 4.69) is 9.97 Å². The second kappa shape index (κ2) is 6.31. The average molecular weight is 328 g/mol. The number of halogens is 3. The molecule has 2 N–H and O–H groups in total. The largest absolute Gasteiger partial charge is 0.423 e. The van der Waals surface area contributed by atoms with E-state index >= 15 is 0 Å². The first-order chi connectivity index (χ1) is 10.8. The van der Waals surface area contributed by atoms with Crippen LogP contribution in [0.2, 0.25) is 0 Å². The highest BCUT2D eigenvalue weighted by Gasteiger charge is 2.54. The molecule has 6 nitrogen and oxygen atoms in total. The summed E-state index contributed by atoms with van der Waals surface area (Å²) in [5.41, 5.74) is -4.25. The highest BCUT2D eigenvalue weighted by molar-refractivity contribution is 5.88. The highest BCUT2D eigenvalue weighted by Crippen LogP contribution is 2.39. The van der Waals surface area contributed by atoms with Crippen molar-refractivity contribution in [3.63, 3.8) is 0 Å². The second-order valence-corrected chi connectivity index (χ2v) is 4.52. The number of ether oxygens (including phenoxy) is 1. The molecule has 0 bridgehead atoms. The van der Waals surface area contributed by atoms with Crippen molar-refractivity contribution in [3.05, 3.63) is 54.1 Å². The van der Waals surface area contributed by atoms with E-state index in [4.69, 9.17) is 9.84 Å². The lowest BCUT2D eigenvalue weighted by atomic mass is 9.94. The number of aromatic nitrogens is 2. The summed E-state index contributed by atoms with van der Waals surface area (Å²) in [6, 6.07) is 4.16. The predicted molar refractivity (Wildman–Crippen MR) is 70.5 cm³/mol. The maximum atomic E-state index is 12.9. The molecular formula is C14H11F3N2O4. The van der Waals surface area contributed by atoms with Crippen molar-refractivity contribution >= 4 is 5.97 Å². The Bertz CT molecular complexity index is 694. The molecule has 0 aliphatic carbocycles. The summed E-state index contributed by atoms with van der Waals surface area (Å²) >= 11 is 0. The number of nitrogens with zero attached hydrogens (tertiary/aromatic N) is 2. The van der Waals surface area contributed by atoms with E-state index in [0.29, 0.717) is 0 Å². The molecule has 122 valence electrons. The van der Waals surface area contributed by atoms with Crippen LogP contribution in [-0.4, -0.2) is 38.9 Å². The van der Waals surface area contributed by atoms with Crippen molar-refractivity contribution in [3.8, 4) is 5.75 Å². The summed E-state index contributed by atoms with van der Waals surface area (Å²) in [5.74, 6) is -1.16. The van der Waals surface area contributed by atoms with Crippen LogP contribution in [-0.2, 0) is 5.60 Å². The zero-order chi connectivity index (χ0) is 17.1. The maximum absolute atomic E-state index is 12.9. The molecule has 1 aromatic heterocycles. The Kier molecular flexibility index (Phi) is 4.62. The van der Waals surface area contributed by atoms with Gasteiger partial charge in [0.2, 0.25) is 5.60 Å². The molecule has 0 radical (unpaired) electrons. The van der Waals surface area contributed by atoms with Crippen LogP contribution in [0.25, 0.3) is 0 Å². The Hall–Kier alpha value is -2.52. The van der Waals surface area contributed by atoms with Gasteiger partial charge in [0.05, 0.1) is 12.8 Å². The third-order valence-corrected chi connectivity index (χ3v) is 2.99. The van der Waals surface area contributed by atoms with Gasteiger partial charge in [0.25, 0.3) is 0 Å². The van der Waals surface area contributed by atoms with E-state index in [9.17, 15) is 23.1 Å². The number of hydrogen-bond acceptors (Lipinski definition) is 6. The van der Waals surface area contributed by atoms with Crippen molar-refractivity contribution in [1.82, 2.24) is 9.97 Å². The van der Waals surface area contributed by atoms with Gasteiger partial charge >= 0.3 is 12.1 Å². The van der Waals surface area contributed by atoms with Crippen LogP contribution in [0.5, 0.6) is 5.75 Å². The third-order valence-electron chi connectivity index (χ3n) is 2.99. The summed E-state index contributed by atoms with van der Waals surface area (Å²) in [5, 5.41) is 18.6. The molecule has 1 heterocycles. The van der Waals surface area contributed by atoms with Crippen LogP contribution in [0.15, 0.2) is 42.9 Å². The molecule has 0 amide bonds. The molecule has 2 aromatic rings. The minimum absolute atomic E-state index is 0.133. The fraction of sp³-hybridized carbons (Fsp3) is 0.214. The predicted octanol–water partition coefficient (Wildman–Crippen LogP) is 1.44. The van der Waals surface area contributed by atoms with Crippen molar-refractivity contribution in [2.24, 2.45) is 0 Å². The van der Waals surface area contributed by atoms with Crippen LogP contribution in [0.1, 0.15) is 16.1 Å². The van der Waals surface area contributed by atoms with Crippen LogP contribution in [0, 0.1) is 0 Å². The van der Waals surface area contributed by atoms with Gasteiger partial charge in [-0.05, 0) is 17.7 Å². The van der Waals surface area contributed by atoms with Crippen LogP contribution >= 0.6 is 0 Å². The van der Waals surface area contributed by atoms with Crippen LogP contribution < -0.4 is 4.74 Å². The van der Waals surface area contributed by atoms with Gasteiger partial charge < -0.3 is 14.9 Å². The van der Waals surface area contributed by atoms with Crippen molar-refractivity contribution in [2.45, 2.75) is 11.8 Å². The minimum atomic E-state index is -5.10. The van der Waals surface area contributed by atoms with Gasteiger partial charge in [0, 0.05) is 12.4 Å². The number of rotatable bonds is 4. The second-order valence-electron chi connectivity index (χ2n) is 4.52. The Labute approximate surface area is 128 Å². The number of carbonyl (C=O) groups is 1. The molecule has 2 rings (SSSR count). The normalized spacial score (nSPS) is 14.1. The smallest absolute Gasteiger partial charge is 0.422 e. The van der Waals surface area contributed by atoms with E-state index in [0.717, 1.165) is 24.4 Å². The summed E-state index contributed by atoms with van der Waals surface area (Å²) in [4.78, 5) is 19.1. The third kappa shape index (κ3) is 3.46. The summed E-state index contributed by atoms with van der Waals surface area (Å²) in [6.45, 7) is -1.57. The number of aliphatic hydroxyl groups excluding tert-OH is 1. The maximum Gasteiger partial charge on any atom is 0.423 e. The molecule has 0 saturated heterocycles. The van der Waals surface area contributed by atoms with Crippen molar-refractivity contribution in [2.75, 3.05) is 6.61 Å². The van der Waals surface area contributed by atoms with E-state index < -0.39 is 29.9 Å². The lowest BCUT2D eigenvalue weighted by molar-refractivity contribution is -0.277. The number of carbonyl (C=O) groups excluding carboxylic acids is 1. The summed E-state index contributed by atoms with van der Waals surface area (Å²) in [6.07, 6.45) is -1.38. The standard InChI is InChI=1S/C14H11F3N2O4/c15-14(16,17)13(22,8-20)9-2-1-3-10(6-9)23-12(21)11-7-18-4-5-19-11/h1-7,20,22H,8H2. The summed E-state index contributed by atoms with van der Waals surface area (Å²) in [7, 11) is 0. The lowest BCUT2D eigenvalue weighted by Gasteiger charge is -2.29. The quantitative estimate of drug-likeness (QED) is 0.652. The molecule has 9 heteroatoms. The Morgan fingerprint density at radius 1 is 1.26 bits per heavy atom. The number of esters is 1. The van der Waals surface area contributed by atoms with E-state index in [1.165, 1.54) is 18.5 Å². The monoisotopic (exact) mass is 328 g/mol. The molecule has 0 fully saturated rings. The van der Waals surface area contributed by atoms with Gasteiger partial charge in [-0.15, -0.1) is 0 Å². The fourth-order valence-corrected chi connectivity index (χ4v) is 1.73. The zero-order valence-electron chi connectivity index (χ0n) is 11.5. The van der Waals surface area contributed by atoms with Crippen molar-refractivity contribution in [1.29, 1.82) is 0 Å². The van der Waals surface area contributed by atoms with Gasteiger partial charge in [-0.25, -0.2) is 9.78 Å². The molecule has 1 atom stereocenters. The topological polar surface area (TPSA) is 92.5 Å². The number of alkyl halides is 3. The average Bonchev–Trinajstić information content (AvgIpc) is 2.54.